The fraction of sp³-hybridized carbons (Fsp3) is 0.368. The average Bonchev–Trinajstić information content (AvgIpc) is 2.48. The van der Waals surface area contributed by atoms with Crippen molar-refractivity contribution in [1.82, 2.24) is 10.2 Å². The number of benzene rings is 2. The molecule has 0 bridgehead atoms. The molecule has 0 fully saturated rings. The third-order valence-electron chi connectivity index (χ3n) is 3.80. The Labute approximate surface area is 128 Å². The van der Waals surface area contributed by atoms with E-state index >= 15 is 0 Å². The molecule has 0 aliphatic heterocycles. The lowest BCUT2D eigenvalue weighted by Crippen LogP contribution is -2.33. The first-order valence-corrected chi connectivity index (χ1v) is 7.72. The van der Waals surface area contributed by atoms with Crippen LogP contribution in [-0.2, 0) is 6.54 Å². The summed E-state index contributed by atoms with van der Waals surface area (Å²) >= 11 is 0. The van der Waals surface area contributed by atoms with Crippen LogP contribution in [0.15, 0.2) is 54.6 Å². The molecule has 2 aromatic carbocycles. The van der Waals surface area contributed by atoms with Gasteiger partial charge in [0.2, 0.25) is 0 Å². The maximum absolute atomic E-state index is 3.61. The molecule has 0 aliphatic carbocycles. The molecule has 0 radical (unpaired) electrons. The Morgan fingerprint density at radius 1 is 1.00 bits per heavy atom. The SMILES string of the molecule is CCNC(CN(C)Cc1ccccc1)c1ccccc1C. The lowest BCUT2D eigenvalue weighted by atomic mass is 10.0. The van der Waals surface area contributed by atoms with Gasteiger partial charge < -0.3 is 10.2 Å². The molecular formula is C19H26N2. The van der Waals surface area contributed by atoms with Crippen LogP contribution in [0, 0.1) is 6.92 Å². The van der Waals surface area contributed by atoms with Crippen molar-refractivity contribution in [2.75, 3.05) is 20.1 Å². The predicted molar refractivity (Wildman–Crippen MR) is 90.4 cm³/mol. The van der Waals surface area contributed by atoms with Crippen LogP contribution in [0.1, 0.15) is 29.7 Å². The van der Waals surface area contributed by atoms with Crippen LogP contribution >= 0.6 is 0 Å². The van der Waals surface area contributed by atoms with Gasteiger partial charge >= 0.3 is 0 Å². The fourth-order valence-corrected chi connectivity index (χ4v) is 2.77. The van der Waals surface area contributed by atoms with Crippen molar-refractivity contribution < 1.29 is 0 Å². The summed E-state index contributed by atoms with van der Waals surface area (Å²) in [6.07, 6.45) is 0. The standard InChI is InChI=1S/C19H26N2/c1-4-20-19(18-13-9-8-10-16(18)2)15-21(3)14-17-11-6-5-7-12-17/h5-13,19-20H,4,14-15H2,1-3H3. The Morgan fingerprint density at radius 2 is 1.67 bits per heavy atom. The number of nitrogens with one attached hydrogen (secondary N) is 1. The first-order valence-electron chi connectivity index (χ1n) is 7.72. The Morgan fingerprint density at radius 3 is 2.33 bits per heavy atom. The quantitative estimate of drug-likeness (QED) is 0.831. The lowest BCUT2D eigenvalue weighted by molar-refractivity contribution is 0.284. The molecule has 2 nitrogen and oxygen atoms in total. The van der Waals surface area contributed by atoms with Crippen molar-refractivity contribution in [3.05, 3.63) is 71.3 Å². The highest BCUT2D eigenvalue weighted by molar-refractivity contribution is 5.29. The van der Waals surface area contributed by atoms with Gasteiger partial charge in [0.25, 0.3) is 0 Å². The first-order chi connectivity index (χ1) is 10.2. The van der Waals surface area contributed by atoms with E-state index < -0.39 is 0 Å². The van der Waals surface area contributed by atoms with Gasteiger partial charge in [-0.3, -0.25) is 0 Å². The Kier molecular flexibility index (Phi) is 5.97. The summed E-state index contributed by atoms with van der Waals surface area (Å²) in [6.45, 7) is 7.33. The summed E-state index contributed by atoms with van der Waals surface area (Å²) in [5.74, 6) is 0. The molecule has 0 aromatic heterocycles. The maximum atomic E-state index is 3.61. The van der Waals surface area contributed by atoms with Gasteiger partial charge in [-0.1, -0.05) is 61.5 Å². The van der Waals surface area contributed by atoms with Crippen molar-refractivity contribution >= 4 is 0 Å². The van der Waals surface area contributed by atoms with Crippen molar-refractivity contribution in [1.29, 1.82) is 0 Å². The molecule has 0 saturated heterocycles. The molecule has 112 valence electrons. The topological polar surface area (TPSA) is 15.3 Å². The second kappa shape index (κ2) is 7.96. The number of aryl methyl sites for hydroxylation is 1. The summed E-state index contributed by atoms with van der Waals surface area (Å²) in [6, 6.07) is 19.7. The predicted octanol–water partition coefficient (Wildman–Crippen LogP) is 3.78. The van der Waals surface area contributed by atoms with E-state index in [2.05, 4.69) is 85.7 Å². The number of nitrogens with zero attached hydrogens (tertiary/aromatic N) is 1. The molecule has 0 aliphatic rings. The van der Waals surface area contributed by atoms with Crippen LogP contribution in [0.3, 0.4) is 0 Å². The second-order valence-electron chi connectivity index (χ2n) is 5.65. The molecule has 1 unspecified atom stereocenters. The molecule has 0 saturated carbocycles. The van der Waals surface area contributed by atoms with E-state index in [4.69, 9.17) is 0 Å². The Hall–Kier alpha value is -1.64. The van der Waals surface area contributed by atoms with Crippen molar-refractivity contribution in [3.8, 4) is 0 Å². The van der Waals surface area contributed by atoms with Gasteiger partial charge in [-0.2, -0.15) is 0 Å². The van der Waals surface area contributed by atoms with E-state index in [0.717, 1.165) is 19.6 Å². The maximum Gasteiger partial charge on any atom is 0.0451 e. The highest BCUT2D eigenvalue weighted by atomic mass is 15.1. The smallest absolute Gasteiger partial charge is 0.0451 e. The molecule has 21 heavy (non-hydrogen) atoms. The average molecular weight is 282 g/mol. The van der Waals surface area contributed by atoms with E-state index in [1.54, 1.807) is 0 Å². The zero-order valence-electron chi connectivity index (χ0n) is 13.3. The second-order valence-corrected chi connectivity index (χ2v) is 5.65. The van der Waals surface area contributed by atoms with E-state index in [1.807, 2.05) is 0 Å². The van der Waals surface area contributed by atoms with Gasteiger partial charge in [-0.05, 0) is 37.2 Å². The van der Waals surface area contributed by atoms with E-state index in [1.165, 1.54) is 16.7 Å². The Bertz CT molecular complexity index is 536. The summed E-state index contributed by atoms with van der Waals surface area (Å²) in [4.78, 5) is 2.38. The van der Waals surface area contributed by atoms with Crippen LogP contribution in [-0.4, -0.2) is 25.0 Å². The molecular weight excluding hydrogens is 256 g/mol. The molecule has 1 atom stereocenters. The molecule has 2 rings (SSSR count). The fourth-order valence-electron chi connectivity index (χ4n) is 2.77. The molecule has 0 amide bonds. The molecule has 2 aromatic rings. The van der Waals surface area contributed by atoms with E-state index in [0.29, 0.717) is 6.04 Å². The van der Waals surface area contributed by atoms with Crippen molar-refractivity contribution in [2.45, 2.75) is 26.4 Å². The van der Waals surface area contributed by atoms with Gasteiger partial charge in [0.05, 0.1) is 0 Å². The molecule has 2 heteroatoms. The van der Waals surface area contributed by atoms with Crippen molar-refractivity contribution in [2.24, 2.45) is 0 Å². The minimum atomic E-state index is 0.380. The minimum Gasteiger partial charge on any atom is -0.309 e. The summed E-state index contributed by atoms with van der Waals surface area (Å²) in [7, 11) is 2.19. The number of likely N-dealkylation sites (N-methyl/N-ethyl adjacent to an activating group) is 2. The molecule has 1 N–H and O–H groups in total. The van der Waals surface area contributed by atoms with Crippen LogP contribution in [0.25, 0.3) is 0 Å². The van der Waals surface area contributed by atoms with Gasteiger partial charge in [-0.15, -0.1) is 0 Å². The highest BCUT2D eigenvalue weighted by Crippen LogP contribution is 2.19. The van der Waals surface area contributed by atoms with E-state index in [9.17, 15) is 0 Å². The third-order valence-corrected chi connectivity index (χ3v) is 3.80. The normalized spacial score (nSPS) is 12.6. The first kappa shape index (κ1) is 15.7. The van der Waals surface area contributed by atoms with Crippen LogP contribution in [0.4, 0.5) is 0 Å². The monoisotopic (exact) mass is 282 g/mol. The Balaban J connectivity index is 2.04. The number of hydrogen-bond donors (Lipinski definition) is 1. The van der Waals surface area contributed by atoms with Gasteiger partial charge in [0.1, 0.15) is 0 Å². The summed E-state index contributed by atoms with van der Waals surface area (Å²) in [5.41, 5.74) is 4.12. The van der Waals surface area contributed by atoms with Crippen LogP contribution in [0.5, 0.6) is 0 Å². The largest absolute Gasteiger partial charge is 0.309 e. The summed E-state index contributed by atoms with van der Waals surface area (Å²) in [5, 5.41) is 3.61. The van der Waals surface area contributed by atoms with E-state index in [-0.39, 0.29) is 0 Å². The molecule has 0 spiro atoms. The highest BCUT2D eigenvalue weighted by Gasteiger charge is 2.14. The zero-order chi connectivity index (χ0) is 15.1. The summed E-state index contributed by atoms with van der Waals surface area (Å²) < 4.78 is 0. The van der Waals surface area contributed by atoms with Crippen LogP contribution in [0.2, 0.25) is 0 Å². The van der Waals surface area contributed by atoms with Crippen molar-refractivity contribution in [3.63, 3.8) is 0 Å². The van der Waals surface area contributed by atoms with Crippen LogP contribution < -0.4 is 5.32 Å². The van der Waals surface area contributed by atoms with Gasteiger partial charge in [-0.25, -0.2) is 0 Å². The molecule has 0 heterocycles. The zero-order valence-corrected chi connectivity index (χ0v) is 13.3. The third kappa shape index (κ3) is 4.69. The lowest BCUT2D eigenvalue weighted by Gasteiger charge is -2.26. The minimum absolute atomic E-state index is 0.380. The number of hydrogen-bond acceptors (Lipinski definition) is 2. The van der Waals surface area contributed by atoms with Gasteiger partial charge in [0, 0.05) is 19.1 Å². The number of rotatable bonds is 7. The van der Waals surface area contributed by atoms with Gasteiger partial charge in [0.15, 0.2) is 0 Å².